The van der Waals surface area contributed by atoms with Crippen molar-refractivity contribution in [2.24, 2.45) is 0 Å². The van der Waals surface area contributed by atoms with Crippen LogP contribution in [0.5, 0.6) is 0 Å². The van der Waals surface area contributed by atoms with Crippen LogP contribution in [0.1, 0.15) is 34.8 Å². The number of alkyl halides is 3. The highest BCUT2D eigenvalue weighted by Crippen LogP contribution is 2.33. The van der Waals surface area contributed by atoms with Crippen LogP contribution < -0.4 is 0 Å². The Kier molecular flexibility index (Phi) is 5.09. The Bertz CT molecular complexity index is 467. The minimum Gasteiger partial charge on any atom is -0.462 e. The number of carbonyl (C=O) groups excluding carboxylic acids is 2. The zero-order chi connectivity index (χ0) is 14.5. The molecule has 104 valence electrons. The van der Waals surface area contributed by atoms with Crippen LogP contribution in [0, 0.1) is 0 Å². The summed E-state index contributed by atoms with van der Waals surface area (Å²) in [5.74, 6) is -1.00. The van der Waals surface area contributed by atoms with Gasteiger partial charge in [-0.05, 0) is 31.0 Å². The van der Waals surface area contributed by atoms with E-state index in [1.165, 1.54) is 13.0 Å². The molecule has 0 bridgehead atoms. The summed E-state index contributed by atoms with van der Waals surface area (Å²) in [5.41, 5.74) is -1.19. The summed E-state index contributed by atoms with van der Waals surface area (Å²) < 4.78 is 43.2. The first kappa shape index (κ1) is 15.2. The SMILES string of the molecule is CCOC(=O)c1ccc(CCC=O)cc1C(F)(F)F. The molecule has 0 heterocycles. The molecule has 0 aliphatic carbocycles. The number of hydrogen-bond donors (Lipinski definition) is 0. The summed E-state index contributed by atoms with van der Waals surface area (Å²) in [7, 11) is 0. The molecular formula is C13H13F3O3. The first-order valence-electron chi connectivity index (χ1n) is 5.71. The van der Waals surface area contributed by atoms with Gasteiger partial charge in [-0.2, -0.15) is 13.2 Å². The van der Waals surface area contributed by atoms with Gasteiger partial charge in [-0.25, -0.2) is 4.79 Å². The van der Waals surface area contributed by atoms with E-state index >= 15 is 0 Å². The van der Waals surface area contributed by atoms with Gasteiger partial charge in [-0.1, -0.05) is 6.07 Å². The fourth-order valence-corrected chi connectivity index (χ4v) is 1.59. The Morgan fingerprint density at radius 3 is 2.58 bits per heavy atom. The number of rotatable bonds is 5. The smallest absolute Gasteiger partial charge is 0.417 e. The third-order valence-corrected chi connectivity index (χ3v) is 2.44. The van der Waals surface area contributed by atoms with Crippen molar-refractivity contribution >= 4 is 12.3 Å². The van der Waals surface area contributed by atoms with Crippen LogP contribution in [-0.2, 0) is 22.1 Å². The molecule has 0 aromatic heterocycles. The van der Waals surface area contributed by atoms with E-state index in [1.807, 2.05) is 0 Å². The fourth-order valence-electron chi connectivity index (χ4n) is 1.59. The number of hydrogen-bond acceptors (Lipinski definition) is 3. The second-order valence-electron chi connectivity index (χ2n) is 3.80. The van der Waals surface area contributed by atoms with Crippen molar-refractivity contribution < 1.29 is 27.5 Å². The van der Waals surface area contributed by atoms with E-state index in [4.69, 9.17) is 0 Å². The van der Waals surface area contributed by atoms with E-state index in [1.54, 1.807) is 0 Å². The minimum atomic E-state index is -4.64. The van der Waals surface area contributed by atoms with Gasteiger partial charge in [-0.3, -0.25) is 0 Å². The first-order valence-corrected chi connectivity index (χ1v) is 5.71. The number of carbonyl (C=O) groups is 2. The van der Waals surface area contributed by atoms with Gasteiger partial charge in [0.25, 0.3) is 0 Å². The average molecular weight is 274 g/mol. The standard InChI is InChI=1S/C13H13F3O3/c1-2-19-12(18)10-6-5-9(4-3-7-17)8-11(10)13(14,15)16/h5-8H,2-4H2,1H3. The second kappa shape index (κ2) is 6.36. The van der Waals surface area contributed by atoms with Crippen LogP contribution in [-0.4, -0.2) is 18.9 Å². The third kappa shape index (κ3) is 4.08. The van der Waals surface area contributed by atoms with Crippen LogP contribution >= 0.6 is 0 Å². The predicted octanol–water partition coefficient (Wildman–Crippen LogP) is 3.01. The van der Waals surface area contributed by atoms with E-state index in [9.17, 15) is 22.8 Å². The van der Waals surface area contributed by atoms with Crippen molar-refractivity contribution in [2.45, 2.75) is 25.9 Å². The van der Waals surface area contributed by atoms with E-state index in [2.05, 4.69) is 4.74 Å². The van der Waals surface area contributed by atoms with Crippen LogP contribution in [0.2, 0.25) is 0 Å². The molecule has 0 atom stereocenters. The van der Waals surface area contributed by atoms with E-state index in [-0.39, 0.29) is 19.4 Å². The molecule has 1 aromatic carbocycles. The van der Waals surface area contributed by atoms with Crippen molar-refractivity contribution in [1.82, 2.24) is 0 Å². The van der Waals surface area contributed by atoms with Crippen molar-refractivity contribution in [2.75, 3.05) is 6.61 Å². The molecular weight excluding hydrogens is 261 g/mol. The predicted molar refractivity (Wildman–Crippen MR) is 61.8 cm³/mol. The summed E-state index contributed by atoms with van der Waals surface area (Å²) in [6.07, 6.45) is -3.67. The molecule has 3 nitrogen and oxygen atoms in total. The molecule has 1 rings (SSSR count). The summed E-state index contributed by atoms with van der Waals surface area (Å²) >= 11 is 0. The quantitative estimate of drug-likeness (QED) is 0.612. The zero-order valence-corrected chi connectivity index (χ0v) is 10.3. The molecule has 0 saturated heterocycles. The topological polar surface area (TPSA) is 43.4 Å². The van der Waals surface area contributed by atoms with Crippen LogP contribution in [0.25, 0.3) is 0 Å². The fraction of sp³-hybridized carbons (Fsp3) is 0.385. The molecule has 0 saturated carbocycles. The average Bonchev–Trinajstić information content (AvgIpc) is 2.35. The van der Waals surface area contributed by atoms with Crippen LogP contribution in [0.4, 0.5) is 13.2 Å². The van der Waals surface area contributed by atoms with E-state index in [0.717, 1.165) is 12.1 Å². The molecule has 0 amide bonds. The number of benzene rings is 1. The lowest BCUT2D eigenvalue weighted by molar-refractivity contribution is -0.138. The molecule has 0 radical (unpaired) electrons. The molecule has 6 heteroatoms. The Balaban J connectivity index is 3.17. The molecule has 0 spiro atoms. The maximum atomic E-state index is 12.9. The maximum absolute atomic E-state index is 12.9. The number of aryl methyl sites for hydroxylation is 1. The highest BCUT2D eigenvalue weighted by molar-refractivity contribution is 5.91. The Hall–Kier alpha value is -1.85. The Morgan fingerprint density at radius 2 is 2.05 bits per heavy atom. The van der Waals surface area contributed by atoms with Crippen molar-refractivity contribution in [3.8, 4) is 0 Å². The summed E-state index contributed by atoms with van der Waals surface area (Å²) in [4.78, 5) is 21.7. The van der Waals surface area contributed by atoms with Crippen molar-refractivity contribution in [3.63, 3.8) is 0 Å². The lowest BCUT2D eigenvalue weighted by atomic mass is 10.0. The number of aldehydes is 1. The van der Waals surface area contributed by atoms with Gasteiger partial charge in [-0.15, -0.1) is 0 Å². The second-order valence-corrected chi connectivity index (χ2v) is 3.80. The Morgan fingerprint density at radius 1 is 1.37 bits per heavy atom. The van der Waals surface area contributed by atoms with E-state index < -0.39 is 23.3 Å². The summed E-state index contributed by atoms with van der Waals surface area (Å²) in [5, 5.41) is 0. The molecule has 0 aliphatic heterocycles. The van der Waals surface area contributed by atoms with Crippen LogP contribution in [0.15, 0.2) is 18.2 Å². The molecule has 0 N–H and O–H groups in total. The summed E-state index contributed by atoms with van der Waals surface area (Å²) in [6.45, 7) is 1.52. The van der Waals surface area contributed by atoms with Gasteiger partial charge in [0, 0.05) is 6.42 Å². The van der Waals surface area contributed by atoms with Crippen LogP contribution in [0.3, 0.4) is 0 Å². The molecule has 0 fully saturated rings. The van der Waals surface area contributed by atoms with Gasteiger partial charge in [0.05, 0.1) is 17.7 Å². The van der Waals surface area contributed by atoms with Crippen molar-refractivity contribution in [3.05, 3.63) is 34.9 Å². The normalized spacial score (nSPS) is 11.2. The van der Waals surface area contributed by atoms with E-state index in [0.29, 0.717) is 11.8 Å². The lowest BCUT2D eigenvalue weighted by Crippen LogP contribution is -2.15. The molecule has 1 aromatic rings. The Labute approximate surface area is 108 Å². The number of ether oxygens (including phenoxy) is 1. The highest BCUT2D eigenvalue weighted by atomic mass is 19.4. The van der Waals surface area contributed by atoms with Gasteiger partial charge in [0.15, 0.2) is 0 Å². The monoisotopic (exact) mass is 274 g/mol. The van der Waals surface area contributed by atoms with Gasteiger partial charge < -0.3 is 9.53 Å². The third-order valence-electron chi connectivity index (χ3n) is 2.44. The number of esters is 1. The van der Waals surface area contributed by atoms with Gasteiger partial charge >= 0.3 is 12.1 Å². The highest BCUT2D eigenvalue weighted by Gasteiger charge is 2.35. The van der Waals surface area contributed by atoms with Gasteiger partial charge in [0.2, 0.25) is 0 Å². The number of halogens is 3. The largest absolute Gasteiger partial charge is 0.462 e. The molecule has 0 unspecified atom stereocenters. The summed E-state index contributed by atoms with van der Waals surface area (Å²) in [6, 6.07) is 3.36. The molecule has 19 heavy (non-hydrogen) atoms. The van der Waals surface area contributed by atoms with Crippen molar-refractivity contribution in [1.29, 1.82) is 0 Å². The zero-order valence-electron chi connectivity index (χ0n) is 10.3. The lowest BCUT2D eigenvalue weighted by Gasteiger charge is -2.13. The first-order chi connectivity index (χ1) is 8.90. The maximum Gasteiger partial charge on any atom is 0.417 e. The van der Waals surface area contributed by atoms with Gasteiger partial charge in [0.1, 0.15) is 6.29 Å². The minimum absolute atomic E-state index is 0.00300. The molecule has 0 aliphatic rings.